The second-order valence-corrected chi connectivity index (χ2v) is 6.42. The number of carboxylic acid groups (broad SMARTS) is 4. The lowest BCUT2D eigenvalue weighted by atomic mass is 10.3. The number of hydrogen-bond acceptors (Lipinski definition) is 8. The standard InChI is InChI=1S/C17H29N3O9/c21-11-1-4-18(5-2-14(22)23)7-8-19(6-3-15(24)25)9-10-20(12-16(26)27)13-17(28)29/h11H,1-10,12-13H2,(H,22,23)(H,24,25)(H,26,27)(H,28,29). The van der Waals surface area contributed by atoms with Crippen molar-refractivity contribution in [2.75, 3.05) is 58.9 Å². The van der Waals surface area contributed by atoms with Crippen molar-refractivity contribution in [2.45, 2.75) is 19.3 Å². The minimum absolute atomic E-state index is 0.0982. The van der Waals surface area contributed by atoms with E-state index in [-0.39, 0.29) is 45.4 Å². The maximum Gasteiger partial charge on any atom is 0.317 e. The van der Waals surface area contributed by atoms with Crippen LogP contribution in [-0.4, -0.2) is 124 Å². The molecule has 0 saturated heterocycles. The zero-order valence-electron chi connectivity index (χ0n) is 16.2. The van der Waals surface area contributed by atoms with Crippen LogP contribution in [-0.2, 0) is 24.0 Å². The van der Waals surface area contributed by atoms with Gasteiger partial charge in [0.05, 0.1) is 25.9 Å². The smallest absolute Gasteiger partial charge is 0.317 e. The Kier molecular flexibility index (Phi) is 14.0. The second kappa shape index (κ2) is 15.4. The van der Waals surface area contributed by atoms with Crippen molar-refractivity contribution >= 4 is 30.2 Å². The molecule has 0 spiro atoms. The molecule has 0 aromatic heterocycles. The lowest BCUT2D eigenvalue weighted by molar-refractivity contribution is -0.142. The maximum absolute atomic E-state index is 10.9. The van der Waals surface area contributed by atoms with Gasteiger partial charge in [0.25, 0.3) is 0 Å². The molecular weight excluding hydrogens is 390 g/mol. The molecule has 0 fully saturated rings. The quantitative estimate of drug-likeness (QED) is 0.180. The van der Waals surface area contributed by atoms with E-state index in [4.69, 9.17) is 20.4 Å². The largest absolute Gasteiger partial charge is 0.481 e. The molecule has 0 rings (SSSR count). The SMILES string of the molecule is O=CCCN(CCC(=O)O)CCN(CCC(=O)O)CCN(CC(=O)O)CC(=O)O. The Morgan fingerprint density at radius 2 is 0.931 bits per heavy atom. The van der Waals surface area contributed by atoms with Crippen LogP contribution in [0.1, 0.15) is 19.3 Å². The molecule has 0 saturated carbocycles. The van der Waals surface area contributed by atoms with Crippen LogP contribution in [0.2, 0.25) is 0 Å². The highest BCUT2D eigenvalue weighted by molar-refractivity contribution is 5.72. The highest BCUT2D eigenvalue weighted by Gasteiger charge is 2.17. The van der Waals surface area contributed by atoms with Gasteiger partial charge in [-0.3, -0.25) is 24.1 Å². The maximum atomic E-state index is 10.9. The number of carboxylic acids is 4. The fraction of sp³-hybridized carbons (Fsp3) is 0.706. The molecule has 0 radical (unpaired) electrons. The third-order valence-electron chi connectivity index (χ3n) is 4.03. The van der Waals surface area contributed by atoms with Gasteiger partial charge in [-0.05, 0) is 0 Å². The fourth-order valence-corrected chi connectivity index (χ4v) is 2.58. The minimum atomic E-state index is -1.17. The van der Waals surface area contributed by atoms with E-state index in [2.05, 4.69) is 0 Å². The summed E-state index contributed by atoms with van der Waals surface area (Å²) in [5.74, 6) is -4.32. The summed E-state index contributed by atoms with van der Waals surface area (Å²) in [6.07, 6.45) is 0.714. The molecule has 0 aromatic rings. The number of aldehydes is 1. The molecule has 0 heterocycles. The highest BCUT2D eigenvalue weighted by atomic mass is 16.4. The number of rotatable bonds is 19. The monoisotopic (exact) mass is 419 g/mol. The number of hydrogen-bond donors (Lipinski definition) is 4. The van der Waals surface area contributed by atoms with Crippen LogP contribution in [0.15, 0.2) is 0 Å². The summed E-state index contributed by atoms with van der Waals surface area (Å²) >= 11 is 0. The van der Waals surface area contributed by atoms with Gasteiger partial charge in [-0.15, -0.1) is 0 Å². The van der Waals surface area contributed by atoms with Gasteiger partial charge in [-0.25, -0.2) is 0 Å². The summed E-state index contributed by atoms with van der Waals surface area (Å²) in [6, 6.07) is 0. The van der Waals surface area contributed by atoms with Crippen LogP contribution in [0.5, 0.6) is 0 Å². The first-order chi connectivity index (χ1) is 13.6. The van der Waals surface area contributed by atoms with E-state index < -0.39 is 37.0 Å². The zero-order chi connectivity index (χ0) is 22.2. The molecule has 0 bridgehead atoms. The topological polar surface area (TPSA) is 176 Å². The van der Waals surface area contributed by atoms with Gasteiger partial charge < -0.3 is 35.0 Å². The van der Waals surface area contributed by atoms with Crippen LogP contribution < -0.4 is 0 Å². The van der Waals surface area contributed by atoms with Crippen LogP contribution in [0.25, 0.3) is 0 Å². The lowest BCUT2D eigenvalue weighted by Gasteiger charge is -2.28. The Hall–Kier alpha value is -2.57. The Balaban J connectivity index is 4.86. The number of aliphatic carboxylic acids is 4. The molecule has 0 unspecified atom stereocenters. The van der Waals surface area contributed by atoms with Gasteiger partial charge in [-0.2, -0.15) is 0 Å². The first kappa shape index (κ1) is 26.4. The van der Waals surface area contributed by atoms with Gasteiger partial charge in [0.15, 0.2) is 0 Å². The molecule has 0 atom stereocenters. The molecule has 0 amide bonds. The van der Waals surface area contributed by atoms with Crippen molar-refractivity contribution in [3.8, 4) is 0 Å². The van der Waals surface area contributed by atoms with Crippen molar-refractivity contribution in [2.24, 2.45) is 0 Å². The van der Waals surface area contributed by atoms with Gasteiger partial charge in [0.1, 0.15) is 6.29 Å². The zero-order valence-corrected chi connectivity index (χ0v) is 16.2. The molecule has 12 heteroatoms. The molecule has 166 valence electrons. The Bertz CT molecular complexity index is 540. The molecule has 0 aliphatic carbocycles. The highest BCUT2D eigenvalue weighted by Crippen LogP contribution is 2.00. The summed E-state index contributed by atoms with van der Waals surface area (Å²) in [5, 5.41) is 35.5. The third kappa shape index (κ3) is 16.1. The molecule has 12 nitrogen and oxygen atoms in total. The van der Waals surface area contributed by atoms with Gasteiger partial charge >= 0.3 is 23.9 Å². The molecule has 4 N–H and O–H groups in total. The van der Waals surface area contributed by atoms with E-state index in [0.29, 0.717) is 19.6 Å². The predicted octanol–water partition coefficient (Wildman–Crippen LogP) is -1.40. The van der Waals surface area contributed by atoms with Gasteiger partial charge in [-0.1, -0.05) is 0 Å². The van der Waals surface area contributed by atoms with E-state index in [1.54, 1.807) is 9.80 Å². The Labute approximate surface area is 168 Å². The summed E-state index contributed by atoms with van der Waals surface area (Å²) in [5.41, 5.74) is 0. The molecule has 0 aliphatic rings. The summed E-state index contributed by atoms with van der Waals surface area (Å²) in [6.45, 7) is 0.970. The Morgan fingerprint density at radius 3 is 1.28 bits per heavy atom. The van der Waals surface area contributed by atoms with Crippen LogP contribution >= 0.6 is 0 Å². The number of carbonyl (C=O) groups excluding carboxylic acids is 1. The second-order valence-electron chi connectivity index (χ2n) is 6.42. The Morgan fingerprint density at radius 1 is 0.552 bits per heavy atom. The minimum Gasteiger partial charge on any atom is -0.481 e. The van der Waals surface area contributed by atoms with Gasteiger partial charge in [0.2, 0.25) is 0 Å². The van der Waals surface area contributed by atoms with E-state index in [0.717, 1.165) is 6.29 Å². The lowest BCUT2D eigenvalue weighted by Crippen LogP contribution is -2.43. The summed E-state index contributed by atoms with van der Waals surface area (Å²) < 4.78 is 0. The molecule has 29 heavy (non-hydrogen) atoms. The van der Waals surface area contributed by atoms with Gasteiger partial charge in [0, 0.05) is 52.2 Å². The van der Waals surface area contributed by atoms with Crippen molar-refractivity contribution in [3.63, 3.8) is 0 Å². The number of nitrogens with zero attached hydrogens (tertiary/aromatic N) is 3. The average molecular weight is 419 g/mol. The van der Waals surface area contributed by atoms with Crippen molar-refractivity contribution < 1.29 is 44.4 Å². The summed E-state index contributed by atoms with van der Waals surface area (Å²) in [7, 11) is 0. The van der Waals surface area contributed by atoms with Crippen molar-refractivity contribution in [3.05, 3.63) is 0 Å². The summed E-state index contributed by atoms with van der Waals surface area (Å²) in [4.78, 5) is 58.8. The molecule has 0 aromatic carbocycles. The van der Waals surface area contributed by atoms with Crippen molar-refractivity contribution in [1.82, 2.24) is 14.7 Å². The van der Waals surface area contributed by atoms with E-state index in [9.17, 15) is 24.0 Å². The van der Waals surface area contributed by atoms with Crippen LogP contribution in [0, 0.1) is 0 Å². The molecule has 0 aliphatic heterocycles. The first-order valence-corrected chi connectivity index (χ1v) is 9.12. The van der Waals surface area contributed by atoms with E-state index >= 15 is 0 Å². The normalized spacial score (nSPS) is 11.1. The fourth-order valence-electron chi connectivity index (χ4n) is 2.58. The van der Waals surface area contributed by atoms with Crippen LogP contribution in [0.4, 0.5) is 0 Å². The van der Waals surface area contributed by atoms with E-state index in [1.165, 1.54) is 4.90 Å². The third-order valence-corrected chi connectivity index (χ3v) is 4.03. The molecular formula is C17H29N3O9. The number of carbonyl (C=O) groups is 5. The van der Waals surface area contributed by atoms with E-state index in [1.807, 2.05) is 0 Å². The first-order valence-electron chi connectivity index (χ1n) is 9.12. The van der Waals surface area contributed by atoms with Crippen molar-refractivity contribution in [1.29, 1.82) is 0 Å². The predicted molar refractivity (Wildman–Crippen MR) is 99.8 cm³/mol. The van der Waals surface area contributed by atoms with Crippen LogP contribution in [0.3, 0.4) is 0 Å². The average Bonchev–Trinajstić information content (AvgIpc) is 2.60.